The summed E-state index contributed by atoms with van der Waals surface area (Å²) in [4.78, 5) is 36.7. The molecule has 34 heavy (non-hydrogen) atoms. The van der Waals surface area contributed by atoms with Crippen molar-refractivity contribution in [1.29, 1.82) is 0 Å². The molecule has 0 bridgehead atoms. The highest BCUT2D eigenvalue weighted by Gasteiger charge is 2.19. The van der Waals surface area contributed by atoms with E-state index in [9.17, 15) is 9.59 Å². The quantitative estimate of drug-likeness (QED) is 0.531. The largest absolute Gasteiger partial charge is 0.355 e. The Bertz CT molecular complexity index is 1260. The van der Waals surface area contributed by atoms with Crippen molar-refractivity contribution in [1.82, 2.24) is 9.88 Å². The van der Waals surface area contributed by atoms with Crippen molar-refractivity contribution in [3.05, 3.63) is 89.1 Å². The third-order valence-electron chi connectivity index (χ3n) is 5.42. The van der Waals surface area contributed by atoms with Crippen LogP contribution in [0.25, 0.3) is 0 Å². The van der Waals surface area contributed by atoms with E-state index in [2.05, 4.69) is 38.4 Å². The number of aromatic nitrogens is 1. The van der Waals surface area contributed by atoms with Gasteiger partial charge in [-0.05, 0) is 42.8 Å². The minimum Gasteiger partial charge on any atom is -0.355 e. The number of carbonyl (C=O) groups excluding carboxylic acids is 2. The van der Waals surface area contributed by atoms with Crippen molar-refractivity contribution in [3.63, 3.8) is 0 Å². The molecule has 1 aliphatic heterocycles. The monoisotopic (exact) mass is 451 g/mol. The first-order valence-electron chi connectivity index (χ1n) is 11.1. The molecule has 0 saturated heterocycles. The fraction of sp³-hybridized carbons (Fsp3) is 0.185. The summed E-state index contributed by atoms with van der Waals surface area (Å²) in [6.07, 6.45) is 7.90. The van der Waals surface area contributed by atoms with Crippen LogP contribution >= 0.6 is 0 Å². The number of aliphatic imine (C=N–C) groups is 1. The van der Waals surface area contributed by atoms with E-state index in [-0.39, 0.29) is 11.8 Å². The Morgan fingerprint density at radius 3 is 2.53 bits per heavy atom. The summed E-state index contributed by atoms with van der Waals surface area (Å²) in [5, 5.41) is 5.57. The van der Waals surface area contributed by atoms with Crippen LogP contribution in [0.3, 0.4) is 0 Å². The molecular formula is C27H25N5O2. The number of nitrogens with one attached hydrogen (secondary N) is 2. The van der Waals surface area contributed by atoms with E-state index in [1.807, 2.05) is 12.1 Å². The lowest BCUT2D eigenvalue weighted by Crippen LogP contribution is -2.29. The molecule has 4 rings (SSSR count). The Morgan fingerprint density at radius 2 is 1.82 bits per heavy atom. The van der Waals surface area contributed by atoms with Crippen LogP contribution in [-0.2, 0) is 0 Å². The van der Waals surface area contributed by atoms with Crippen LogP contribution in [0.1, 0.15) is 45.2 Å². The average Bonchev–Trinajstić information content (AvgIpc) is 3.33. The van der Waals surface area contributed by atoms with Gasteiger partial charge in [-0.15, -0.1) is 6.42 Å². The third kappa shape index (κ3) is 5.13. The number of hydrogen-bond donors (Lipinski definition) is 2. The number of terminal acetylenes is 1. The molecule has 170 valence electrons. The Balaban J connectivity index is 1.46. The molecule has 0 atom stereocenters. The average molecular weight is 452 g/mol. The smallest absolute Gasteiger partial charge is 0.258 e. The van der Waals surface area contributed by atoms with Gasteiger partial charge in [0.1, 0.15) is 11.7 Å². The summed E-state index contributed by atoms with van der Waals surface area (Å²) in [5.41, 5.74) is 2.83. The summed E-state index contributed by atoms with van der Waals surface area (Å²) < 4.78 is 0. The van der Waals surface area contributed by atoms with Gasteiger partial charge in [0.25, 0.3) is 11.8 Å². The summed E-state index contributed by atoms with van der Waals surface area (Å²) in [7, 11) is 0. The number of para-hydroxylation sites is 1. The van der Waals surface area contributed by atoms with E-state index >= 15 is 0 Å². The van der Waals surface area contributed by atoms with Crippen LogP contribution in [0, 0.1) is 12.3 Å². The first-order valence-corrected chi connectivity index (χ1v) is 11.1. The van der Waals surface area contributed by atoms with Gasteiger partial charge in [-0.2, -0.15) is 0 Å². The highest BCUT2D eigenvalue weighted by atomic mass is 16.2. The van der Waals surface area contributed by atoms with Gasteiger partial charge in [-0.25, -0.2) is 4.98 Å². The van der Waals surface area contributed by atoms with Crippen molar-refractivity contribution in [3.8, 4) is 12.3 Å². The van der Waals surface area contributed by atoms with Crippen LogP contribution in [0.4, 0.5) is 11.5 Å². The molecule has 1 aromatic heterocycles. The minimum absolute atomic E-state index is 0.304. The number of benzene rings is 2. The molecule has 1 aliphatic rings. The number of pyridine rings is 1. The predicted octanol–water partition coefficient (Wildman–Crippen LogP) is 4.04. The number of anilines is 2. The fourth-order valence-electron chi connectivity index (χ4n) is 3.74. The minimum atomic E-state index is -0.387. The van der Waals surface area contributed by atoms with Crippen molar-refractivity contribution in [2.45, 2.75) is 13.3 Å². The number of amides is 2. The molecule has 7 nitrogen and oxygen atoms in total. The summed E-state index contributed by atoms with van der Waals surface area (Å²) in [5.74, 6) is 3.13. The van der Waals surface area contributed by atoms with Crippen molar-refractivity contribution in [2.24, 2.45) is 4.99 Å². The zero-order valence-corrected chi connectivity index (χ0v) is 18.9. The number of nitrogens with zero attached hydrogens (tertiary/aromatic N) is 3. The standard InChI is InChI=1S/C27H25N5O2/c1-3-16-32-17-15-28-25(32)20-10-12-21(13-11-20)26(33)30-23-8-6-5-7-22(23)27(34)31-24-14-9-19(4-2)18-29-24/h2,5-14,18H,3,15-17H2,1H3,(H,30,33)(H,29,31,34). The second-order valence-corrected chi connectivity index (χ2v) is 7.80. The Hall–Kier alpha value is -4.44. The Kier molecular flexibility index (Phi) is 6.99. The molecule has 2 N–H and O–H groups in total. The molecule has 0 aliphatic carbocycles. The lowest BCUT2D eigenvalue weighted by Gasteiger charge is -2.19. The maximum absolute atomic E-state index is 12.9. The van der Waals surface area contributed by atoms with E-state index < -0.39 is 0 Å². The topological polar surface area (TPSA) is 86.7 Å². The summed E-state index contributed by atoms with van der Waals surface area (Å²) in [6.45, 7) is 4.82. The Morgan fingerprint density at radius 1 is 1.03 bits per heavy atom. The van der Waals surface area contributed by atoms with E-state index in [0.717, 1.165) is 37.5 Å². The summed E-state index contributed by atoms with van der Waals surface area (Å²) >= 11 is 0. The highest BCUT2D eigenvalue weighted by Crippen LogP contribution is 2.19. The molecule has 0 saturated carbocycles. The molecule has 0 spiro atoms. The van der Waals surface area contributed by atoms with Crippen molar-refractivity contribution < 1.29 is 9.59 Å². The van der Waals surface area contributed by atoms with Crippen molar-refractivity contribution in [2.75, 3.05) is 30.3 Å². The lowest BCUT2D eigenvalue weighted by atomic mass is 10.1. The van der Waals surface area contributed by atoms with E-state index in [0.29, 0.717) is 28.2 Å². The Labute approximate surface area is 198 Å². The molecule has 0 unspecified atom stereocenters. The second kappa shape index (κ2) is 10.5. The maximum atomic E-state index is 12.9. The molecule has 3 aromatic rings. The maximum Gasteiger partial charge on any atom is 0.258 e. The second-order valence-electron chi connectivity index (χ2n) is 7.80. The van der Waals surface area contributed by atoms with E-state index in [1.165, 1.54) is 6.20 Å². The SMILES string of the molecule is C#Cc1ccc(NC(=O)c2ccccc2NC(=O)c2ccc(C3=NCCN3CCC)cc2)nc1. The van der Waals surface area contributed by atoms with Crippen molar-refractivity contribution >= 4 is 29.2 Å². The van der Waals surface area contributed by atoms with Gasteiger partial charge in [-0.1, -0.05) is 37.1 Å². The van der Waals surface area contributed by atoms with E-state index in [4.69, 9.17) is 6.42 Å². The van der Waals surface area contributed by atoms with Crippen LogP contribution in [-0.4, -0.2) is 47.2 Å². The highest BCUT2D eigenvalue weighted by molar-refractivity contribution is 6.12. The molecule has 2 aromatic carbocycles. The molecule has 7 heteroatoms. The lowest BCUT2D eigenvalue weighted by molar-refractivity contribution is 0.102. The van der Waals surface area contributed by atoms with Gasteiger partial charge in [0.15, 0.2) is 0 Å². The molecule has 2 amide bonds. The number of hydrogen-bond acceptors (Lipinski definition) is 5. The fourth-order valence-corrected chi connectivity index (χ4v) is 3.74. The van der Waals surface area contributed by atoms with Gasteiger partial charge < -0.3 is 15.5 Å². The zero-order valence-electron chi connectivity index (χ0n) is 18.9. The first-order chi connectivity index (χ1) is 16.6. The van der Waals surface area contributed by atoms with Gasteiger partial charge in [0.05, 0.1) is 17.8 Å². The molecular weight excluding hydrogens is 426 g/mol. The van der Waals surface area contributed by atoms with Gasteiger partial charge in [-0.3, -0.25) is 14.6 Å². The molecule has 2 heterocycles. The number of carbonyl (C=O) groups is 2. The summed E-state index contributed by atoms with van der Waals surface area (Å²) in [6, 6.07) is 17.5. The first kappa shape index (κ1) is 22.7. The van der Waals surface area contributed by atoms with Gasteiger partial charge >= 0.3 is 0 Å². The van der Waals surface area contributed by atoms with Gasteiger partial charge in [0, 0.05) is 36.0 Å². The van der Waals surface area contributed by atoms with Gasteiger partial charge in [0.2, 0.25) is 0 Å². The number of amidine groups is 1. The van der Waals surface area contributed by atoms with Crippen LogP contribution in [0.2, 0.25) is 0 Å². The van der Waals surface area contributed by atoms with Crippen LogP contribution < -0.4 is 10.6 Å². The number of rotatable bonds is 7. The molecule has 0 radical (unpaired) electrons. The predicted molar refractivity (Wildman–Crippen MR) is 134 cm³/mol. The van der Waals surface area contributed by atoms with E-state index in [1.54, 1.807) is 48.5 Å². The normalized spacial score (nSPS) is 12.6. The third-order valence-corrected chi connectivity index (χ3v) is 5.42. The van der Waals surface area contributed by atoms with Crippen LogP contribution in [0.5, 0.6) is 0 Å². The molecule has 0 fully saturated rings. The van der Waals surface area contributed by atoms with Crippen LogP contribution in [0.15, 0.2) is 71.9 Å². The zero-order chi connectivity index (χ0) is 23.9.